The van der Waals surface area contributed by atoms with Crippen LogP contribution in [0.15, 0.2) is 6.07 Å². The molecule has 2 saturated carbocycles. The molecule has 0 heterocycles. The molecule has 0 spiro atoms. The van der Waals surface area contributed by atoms with Crippen LogP contribution in [-0.4, -0.2) is 5.78 Å². The molecule has 0 saturated heterocycles. The van der Waals surface area contributed by atoms with Crippen LogP contribution in [0.25, 0.3) is 0 Å². The Bertz CT molecular complexity index is 801. The lowest BCUT2D eigenvalue weighted by atomic mass is 9.40. The molecule has 1 unspecified atom stereocenters. The summed E-state index contributed by atoms with van der Waals surface area (Å²) in [5.74, 6) is 1.80. The largest absolute Gasteiger partial charge is 0.294 e. The van der Waals surface area contributed by atoms with Crippen LogP contribution < -0.4 is 0 Å². The molecular weight excluding hydrogens is 328 g/mol. The normalized spacial score (nSPS) is 37.1. The zero-order valence-corrected chi connectivity index (χ0v) is 18.6. The number of ketones is 1. The van der Waals surface area contributed by atoms with E-state index in [0.29, 0.717) is 16.7 Å². The number of aryl methyl sites for hydroxylation is 2. The highest BCUT2D eigenvalue weighted by Gasteiger charge is 2.60. The van der Waals surface area contributed by atoms with Gasteiger partial charge in [-0.3, -0.25) is 4.79 Å². The van der Waals surface area contributed by atoms with Crippen molar-refractivity contribution in [2.45, 2.75) is 98.8 Å². The van der Waals surface area contributed by atoms with Gasteiger partial charge in [0.15, 0.2) is 5.78 Å². The van der Waals surface area contributed by atoms with Gasteiger partial charge >= 0.3 is 0 Å². The molecular formula is C26H38O. The van der Waals surface area contributed by atoms with E-state index >= 15 is 0 Å². The fourth-order valence-corrected chi connectivity index (χ4v) is 8.17. The van der Waals surface area contributed by atoms with E-state index < -0.39 is 0 Å². The van der Waals surface area contributed by atoms with Crippen molar-refractivity contribution in [2.24, 2.45) is 22.7 Å². The van der Waals surface area contributed by atoms with E-state index in [2.05, 4.69) is 47.6 Å². The first-order valence-corrected chi connectivity index (χ1v) is 11.2. The first-order valence-electron chi connectivity index (χ1n) is 11.2. The Morgan fingerprint density at radius 3 is 2.37 bits per heavy atom. The SMILES string of the molecule is CC(=O)c1c(C)c(C)cc2c1[C@]1(C)CCC3C(C)(C)CCC[C@]3(C)[C@H]1CC2. The maximum absolute atomic E-state index is 12.8. The van der Waals surface area contributed by atoms with Gasteiger partial charge in [-0.15, -0.1) is 0 Å². The molecule has 3 aliphatic carbocycles. The number of hydrogen-bond donors (Lipinski definition) is 0. The van der Waals surface area contributed by atoms with E-state index in [1.165, 1.54) is 60.8 Å². The Balaban J connectivity index is 1.91. The van der Waals surface area contributed by atoms with Crippen molar-refractivity contribution in [1.82, 2.24) is 0 Å². The topological polar surface area (TPSA) is 17.1 Å². The average Bonchev–Trinajstić information content (AvgIpc) is 2.55. The van der Waals surface area contributed by atoms with Crippen molar-refractivity contribution >= 4 is 5.78 Å². The highest BCUT2D eigenvalue weighted by Crippen LogP contribution is 2.67. The smallest absolute Gasteiger partial charge is 0.160 e. The molecule has 0 amide bonds. The Kier molecular flexibility index (Phi) is 4.23. The van der Waals surface area contributed by atoms with E-state index in [1.807, 2.05) is 0 Å². The summed E-state index contributed by atoms with van der Waals surface area (Å²) in [6, 6.07) is 2.40. The van der Waals surface area contributed by atoms with Crippen LogP contribution >= 0.6 is 0 Å². The van der Waals surface area contributed by atoms with Gasteiger partial charge < -0.3 is 0 Å². The minimum absolute atomic E-state index is 0.158. The van der Waals surface area contributed by atoms with Gasteiger partial charge in [0.05, 0.1) is 0 Å². The van der Waals surface area contributed by atoms with Gasteiger partial charge in [0, 0.05) is 5.56 Å². The summed E-state index contributed by atoms with van der Waals surface area (Å²) in [6.07, 6.45) is 9.14. The van der Waals surface area contributed by atoms with Crippen molar-refractivity contribution in [3.05, 3.63) is 33.9 Å². The van der Waals surface area contributed by atoms with Crippen LogP contribution in [-0.2, 0) is 11.8 Å². The minimum Gasteiger partial charge on any atom is -0.294 e. The molecule has 0 N–H and O–H groups in total. The van der Waals surface area contributed by atoms with Crippen molar-refractivity contribution in [3.63, 3.8) is 0 Å². The third-order valence-electron chi connectivity index (χ3n) is 9.35. The molecule has 1 aromatic rings. The van der Waals surface area contributed by atoms with Crippen molar-refractivity contribution in [2.75, 3.05) is 0 Å². The summed E-state index contributed by atoms with van der Waals surface area (Å²) in [4.78, 5) is 12.8. The van der Waals surface area contributed by atoms with E-state index in [1.54, 1.807) is 6.92 Å². The van der Waals surface area contributed by atoms with Gasteiger partial charge in [-0.25, -0.2) is 0 Å². The highest BCUT2D eigenvalue weighted by molar-refractivity contribution is 5.98. The van der Waals surface area contributed by atoms with Gasteiger partial charge in [0.25, 0.3) is 0 Å². The van der Waals surface area contributed by atoms with Crippen LogP contribution in [0.3, 0.4) is 0 Å². The van der Waals surface area contributed by atoms with Crippen LogP contribution in [0.2, 0.25) is 0 Å². The standard InChI is InChI=1S/C26H38O/c1-16-15-19-9-10-21-25(6)13-8-12-24(4,5)20(25)11-14-26(21,7)23(19)22(17(16)2)18(3)27/h15,20-21H,8-14H2,1-7H3/t20?,21-,25+,26-/m1/s1. The average molecular weight is 367 g/mol. The molecule has 3 aliphatic rings. The monoisotopic (exact) mass is 366 g/mol. The summed E-state index contributed by atoms with van der Waals surface area (Å²) in [6.45, 7) is 16.3. The zero-order chi connectivity index (χ0) is 19.8. The van der Waals surface area contributed by atoms with E-state index in [-0.39, 0.29) is 11.2 Å². The summed E-state index contributed by atoms with van der Waals surface area (Å²) < 4.78 is 0. The molecule has 1 nitrogen and oxygen atoms in total. The number of rotatable bonds is 1. The predicted molar refractivity (Wildman–Crippen MR) is 114 cm³/mol. The summed E-state index contributed by atoms with van der Waals surface area (Å²) in [5.41, 5.74) is 7.52. The third kappa shape index (κ3) is 2.52. The first-order chi connectivity index (χ1) is 12.5. The first kappa shape index (κ1) is 19.2. The summed E-state index contributed by atoms with van der Waals surface area (Å²) >= 11 is 0. The Morgan fingerprint density at radius 2 is 1.70 bits per heavy atom. The number of Topliss-reactive ketones (excluding diaryl/α,β-unsaturated/α-hetero) is 1. The maximum Gasteiger partial charge on any atom is 0.160 e. The Morgan fingerprint density at radius 1 is 1.00 bits per heavy atom. The van der Waals surface area contributed by atoms with Gasteiger partial charge in [-0.05, 0) is 110 Å². The molecule has 4 atom stereocenters. The van der Waals surface area contributed by atoms with Crippen LogP contribution in [0.5, 0.6) is 0 Å². The number of fused-ring (bicyclic) bond motifs is 5. The van der Waals surface area contributed by atoms with E-state index in [9.17, 15) is 4.79 Å². The Hall–Kier alpha value is -1.11. The fourth-order valence-electron chi connectivity index (χ4n) is 8.17. The van der Waals surface area contributed by atoms with Gasteiger partial charge in [0.2, 0.25) is 0 Å². The molecule has 0 aliphatic heterocycles. The molecule has 1 heteroatoms. The summed E-state index contributed by atoms with van der Waals surface area (Å²) in [7, 11) is 0. The second-order valence-electron chi connectivity index (χ2n) is 11.2. The predicted octanol–water partition coefficient (Wildman–Crippen LogP) is 6.95. The van der Waals surface area contributed by atoms with Gasteiger partial charge in [-0.1, -0.05) is 40.2 Å². The Labute approximate surface area is 166 Å². The molecule has 1 aromatic carbocycles. The molecule has 0 aromatic heterocycles. The quantitative estimate of drug-likeness (QED) is 0.491. The number of carbonyl (C=O) groups excluding carboxylic acids is 1. The highest BCUT2D eigenvalue weighted by atomic mass is 16.1. The van der Waals surface area contributed by atoms with E-state index in [4.69, 9.17) is 0 Å². The van der Waals surface area contributed by atoms with Gasteiger partial charge in [-0.2, -0.15) is 0 Å². The van der Waals surface area contributed by atoms with Gasteiger partial charge in [0.1, 0.15) is 0 Å². The number of benzene rings is 1. The van der Waals surface area contributed by atoms with E-state index in [0.717, 1.165) is 17.9 Å². The van der Waals surface area contributed by atoms with Crippen LogP contribution in [0.4, 0.5) is 0 Å². The fraction of sp³-hybridized carbons (Fsp3) is 0.731. The molecule has 4 rings (SSSR count). The summed E-state index contributed by atoms with van der Waals surface area (Å²) in [5, 5.41) is 0. The minimum atomic E-state index is 0.158. The second-order valence-corrected chi connectivity index (χ2v) is 11.2. The maximum atomic E-state index is 12.8. The molecule has 0 bridgehead atoms. The lowest BCUT2D eigenvalue weighted by molar-refractivity contribution is -0.110. The second kappa shape index (κ2) is 5.94. The molecule has 0 radical (unpaired) electrons. The third-order valence-corrected chi connectivity index (χ3v) is 9.35. The van der Waals surface area contributed by atoms with Crippen molar-refractivity contribution < 1.29 is 4.79 Å². The zero-order valence-electron chi connectivity index (χ0n) is 18.6. The van der Waals surface area contributed by atoms with Crippen molar-refractivity contribution in [1.29, 1.82) is 0 Å². The molecule has 27 heavy (non-hydrogen) atoms. The number of hydrogen-bond acceptors (Lipinski definition) is 1. The van der Waals surface area contributed by atoms with Crippen LogP contribution in [0.1, 0.15) is 106 Å². The van der Waals surface area contributed by atoms with Crippen molar-refractivity contribution in [3.8, 4) is 0 Å². The number of carbonyl (C=O) groups is 1. The van der Waals surface area contributed by atoms with Crippen LogP contribution in [0, 0.1) is 36.5 Å². The molecule has 148 valence electrons. The lowest BCUT2D eigenvalue weighted by Gasteiger charge is -2.64. The molecule has 2 fully saturated rings. The lowest BCUT2D eigenvalue weighted by Crippen LogP contribution is -2.58.